The summed E-state index contributed by atoms with van der Waals surface area (Å²) in [6.45, 7) is 18.2. The van der Waals surface area contributed by atoms with Gasteiger partial charge in [0.25, 0.3) is 5.91 Å². The molecule has 0 aromatic heterocycles. The number of esters is 2. The number of hydrogen-bond acceptors (Lipinski definition) is 15. The molecule has 1 aromatic carbocycles. The monoisotopic (exact) mass is 1100 g/mol. The predicted molar refractivity (Wildman–Crippen MR) is 286 cm³/mol. The molecule has 1 aromatic rings. The van der Waals surface area contributed by atoms with E-state index in [0.717, 1.165) is 0 Å². The number of carbonyl (C=O) groups excluding carboxylic acids is 10. The van der Waals surface area contributed by atoms with Crippen molar-refractivity contribution in [2.24, 2.45) is 29.6 Å². The Kier molecular flexibility index (Phi) is 23.6. The second-order valence-corrected chi connectivity index (χ2v) is 22.8. The van der Waals surface area contributed by atoms with Crippen LogP contribution in [-0.2, 0) is 63.8 Å². The average Bonchev–Trinajstić information content (AvgIpc) is 4.08. The highest BCUT2D eigenvalue weighted by molar-refractivity contribution is 6.05. The van der Waals surface area contributed by atoms with Crippen LogP contribution in [0.5, 0.6) is 5.75 Å². The number of ether oxygens (including phenoxy) is 3. The molecule has 4 rings (SSSR count). The van der Waals surface area contributed by atoms with E-state index in [1.807, 2.05) is 27.7 Å². The van der Waals surface area contributed by atoms with Crippen LogP contribution in [0.4, 0.5) is 0 Å². The van der Waals surface area contributed by atoms with Crippen molar-refractivity contribution in [2.45, 2.75) is 194 Å². The van der Waals surface area contributed by atoms with E-state index in [2.05, 4.69) is 16.0 Å². The molecule has 22 nitrogen and oxygen atoms in total. The molecule has 1 unspecified atom stereocenters. The number of ketones is 1. The molecule has 5 N–H and O–H groups in total. The first-order valence-corrected chi connectivity index (χ1v) is 27.5. The molecule has 7 amide bonds. The largest absolute Gasteiger partial charge is 0.497 e. The number of methoxy groups -OCH3 is 1. The molecule has 0 aliphatic carbocycles. The molecule has 0 bridgehead atoms. The first kappa shape index (κ1) is 64.4. The van der Waals surface area contributed by atoms with Gasteiger partial charge < -0.3 is 60.0 Å². The third-order valence-corrected chi connectivity index (χ3v) is 14.9. The minimum atomic E-state index is -1.76. The zero-order valence-corrected chi connectivity index (χ0v) is 48.1. The van der Waals surface area contributed by atoms with Gasteiger partial charge in [-0.3, -0.25) is 43.2 Å². The fourth-order valence-corrected chi connectivity index (χ4v) is 10.4. The lowest BCUT2D eigenvalue weighted by Crippen LogP contribution is -2.62. The van der Waals surface area contributed by atoms with Crippen molar-refractivity contribution >= 4 is 59.1 Å². The molecule has 0 radical (unpaired) electrons. The standard InChI is InChI=1S/C56H87N7O15/c1-29(2)25-38-53(72)63-24-16-18-40(63)55(74)61(13)42(27-36-19-21-37(76-14)22-20-36)56(75)77-35(11)46(59-50(69)41(26-30(3)4)60(12)54(73)39-17-15-23-62(39)52(71)34(10)64)51(70)58-45(31(5)6)43(65)28-44(66)78-48(32(7)8)47(67)33(9)49(68)57-38/h19-22,29-35,38-43,45-46,48,64-65H,15-18,23-28H2,1-14H3,(H,57,68)(H,58,70)(H,59,69)/t33-,34-,35+,38-,39-,40-,41?,42-,43-,45+,46-,48-/m0/s1. The van der Waals surface area contributed by atoms with Crippen LogP contribution in [0, 0.1) is 29.6 Å². The number of amides is 7. The van der Waals surface area contributed by atoms with Crippen molar-refractivity contribution in [1.82, 2.24) is 35.6 Å². The van der Waals surface area contributed by atoms with Crippen LogP contribution in [0.2, 0.25) is 0 Å². The number of aliphatic hydroxyl groups is 2. The SMILES string of the molecule is COc1ccc(C[C@H]2C(=O)O[C@H](C)[C@H](NC(=O)C(CC(C)C)N(C)C(=O)[C@@H]3CCCN3C(=O)[C@H](C)O)C(=O)N[C@H](C(C)C)[C@@H](O)CC(=O)O[C@@H](C(C)C)C(=O)[C@H](C)C(=O)N[C@@H](CC(C)C)C(=O)N3CCC[C@H]3C(=O)N2C)cc1. The number of benzene rings is 1. The van der Waals surface area contributed by atoms with Gasteiger partial charge in [0.2, 0.25) is 35.4 Å². The molecule has 3 aliphatic rings. The molecule has 3 heterocycles. The smallest absolute Gasteiger partial charge is 0.329 e. The number of fused-ring (bicyclic) bond motifs is 1. The maximum Gasteiger partial charge on any atom is 0.329 e. The van der Waals surface area contributed by atoms with Crippen LogP contribution in [0.15, 0.2) is 24.3 Å². The molecular formula is C56H87N7O15. The van der Waals surface area contributed by atoms with Gasteiger partial charge in [-0.15, -0.1) is 0 Å². The summed E-state index contributed by atoms with van der Waals surface area (Å²) >= 11 is 0. The van der Waals surface area contributed by atoms with Gasteiger partial charge in [0.15, 0.2) is 11.9 Å². The van der Waals surface area contributed by atoms with Crippen molar-refractivity contribution in [3.8, 4) is 5.75 Å². The van der Waals surface area contributed by atoms with Gasteiger partial charge in [0.1, 0.15) is 54.2 Å². The Morgan fingerprint density at radius 1 is 0.833 bits per heavy atom. The molecule has 0 saturated carbocycles. The van der Waals surface area contributed by atoms with Crippen molar-refractivity contribution in [3.63, 3.8) is 0 Å². The first-order valence-electron chi connectivity index (χ1n) is 27.5. The van der Waals surface area contributed by atoms with Crippen LogP contribution in [-0.4, -0.2) is 190 Å². The van der Waals surface area contributed by atoms with Gasteiger partial charge in [-0.2, -0.15) is 0 Å². The summed E-state index contributed by atoms with van der Waals surface area (Å²) in [5, 5.41) is 30.0. The number of cyclic esters (lactones) is 2. The highest BCUT2D eigenvalue weighted by Crippen LogP contribution is 2.27. The maximum atomic E-state index is 14.9. The molecule has 12 atom stereocenters. The molecule has 436 valence electrons. The van der Waals surface area contributed by atoms with Crippen LogP contribution < -0.4 is 20.7 Å². The Balaban J connectivity index is 1.87. The zero-order chi connectivity index (χ0) is 58.6. The van der Waals surface area contributed by atoms with Crippen LogP contribution in [0.25, 0.3) is 0 Å². The quantitative estimate of drug-likeness (QED) is 0.131. The maximum absolute atomic E-state index is 14.9. The number of hydrogen-bond donors (Lipinski definition) is 5. The molecule has 3 saturated heterocycles. The number of Topliss-reactive ketones (excluding diaryl/α,β-unsaturated/α-hetero) is 1. The summed E-state index contributed by atoms with van der Waals surface area (Å²) in [4.78, 5) is 148. The number of rotatable bonds is 14. The van der Waals surface area contributed by atoms with Gasteiger partial charge in [-0.25, -0.2) is 4.79 Å². The van der Waals surface area contributed by atoms with E-state index in [1.54, 1.807) is 52.0 Å². The highest BCUT2D eigenvalue weighted by atomic mass is 16.6. The number of carbonyl (C=O) groups is 10. The summed E-state index contributed by atoms with van der Waals surface area (Å²) < 4.78 is 17.2. The summed E-state index contributed by atoms with van der Waals surface area (Å²) in [5.74, 6) is -10.3. The summed E-state index contributed by atoms with van der Waals surface area (Å²) in [6.07, 6.45) is -5.36. The summed E-state index contributed by atoms with van der Waals surface area (Å²) in [7, 11) is 4.28. The minimum absolute atomic E-state index is 0.0711. The predicted octanol–water partition coefficient (Wildman–Crippen LogP) is 1.93. The molecule has 22 heteroatoms. The summed E-state index contributed by atoms with van der Waals surface area (Å²) in [5.41, 5.74) is 0.569. The third-order valence-electron chi connectivity index (χ3n) is 14.9. The summed E-state index contributed by atoms with van der Waals surface area (Å²) in [6, 6.07) is -2.21. The van der Waals surface area contributed by atoms with Crippen molar-refractivity contribution in [1.29, 1.82) is 0 Å². The Bertz CT molecular complexity index is 2310. The fraction of sp³-hybridized carbons (Fsp3) is 0.714. The lowest BCUT2D eigenvalue weighted by molar-refractivity contribution is -0.163. The lowest BCUT2D eigenvalue weighted by atomic mass is 9.92. The second kappa shape index (κ2) is 28.6. The van der Waals surface area contributed by atoms with Crippen LogP contribution >= 0.6 is 0 Å². The molecule has 3 aliphatic heterocycles. The number of nitrogens with one attached hydrogen (secondary N) is 3. The molecule has 3 fully saturated rings. The van der Waals surface area contributed by atoms with E-state index in [1.165, 1.54) is 61.6 Å². The fourth-order valence-electron chi connectivity index (χ4n) is 10.4. The topological polar surface area (TPSA) is 288 Å². The zero-order valence-electron chi connectivity index (χ0n) is 48.1. The lowest BCUT2D eigenvalue weighted by Gasteiger charge is -2.36. The number of likely N-dealkylation sites (N-methyl/N-ethyl adjacent to an activating group) is 2. The van der Waals surface area contributed by atoms with E-state index >= 15 is 0 Å². The van der Waals surface area contributed by atoms with Gasteiger partial charge >= 0.3 is 11.9 Å². The number of aliphatic hydroxyl groups excluding tert-OH is 2. The Morgan fingerprint density at radius 3 is 2.03 bits per heavy atom. The first-order chi connectivity index (χ1) is 36.5. The third kappa shape index (κ3) is 16.5. The van der Waals surface area contributed by atoms with E-state index in [4.69, 9.17) is 14.2 Å². The normalized spacial score (nSPS) is 27.5. The molecule has 78 heavy (non-hydrogen) atoms. The van der Waals surface area contributed by atoms with Crippen LogP contribution in [0.1, 0.15) is 127 Å². The Hall–Kier alpha value is -6.16. The van der Waals surface area contributed by atoms with Crippen molar-refractivity contribution in [2.75, 3.05) is 34.3 Å². The van der Waals surface area contributed by atoms with Gasteiger partial charge in [-0.1, -0.05) is 67.5 Å². The Morgan fingerprint density at radius 2 is 1.46 bits per heavy atom. The Labute approximate surface area is 459 Å². The van der Waals surface area contributed by atoms with E-state index < -0.39 is 150 Å². The van der Waals surface area contributed by atoms with Gasteiger partial charge in [0, 0.05) is 33.6 Å². The van der Waals surface area contributed by atoms with E-state index in [9.17, 15) is 58.2 Å². The number of likely N-dealkylation sites (tertiary alicyclic amines) is 1. The van der Waals surface area contributed by atoms with Gasteiger partial charge in [0.05, 0.1) is 31.6 Å². The molecule has 0 spiro atoms. The highest BCUT2D eigenvalue weighted by Gasteiger charge is 2.46. The van der Waals surface area contributed by atoms with Crippen molar-refractivity contribution in [3.05, 3.63) is 29.8 Å². The van der Waals surface area contributed by atoms with E-state index in [0.29, 0.717) is 24.2 Å². The average molecular weight is 1100 g/mol. The minimum Gasteiger partial charge on any atom is -0.497 e. The van der Waals surface area contributed by atoms with Gasteiger partial charge in [-0.05, 0) is 101 Å². The molecular weight excluding hydrogens is 1010 g/mol. The van der Waals surface area contributed by atoms with E-state index in [-0.39, 0.29) is 57.0 Å². The van der Waals surface area contributed by atoms with Crippen LogP contribution in [0.3, 0.4) is 0 Å². The number of nitrogens with zero attached hydrogens (tertiary/aromatic N) is 4. The van der Waals surface area contributed by atoms with Crippen molar-refractivity contribution < 1.29 is 72.4 Å². The second-order valence-electron chi connectivity index (χ2n) is 22.8.